The summed E-state index contributed by atoms with van der Waals surface area (Å²) in [7, 11) is 0. The summed E-state index contributed by atoms with van der Waals surface area (Å²) in [4.78, 5) is 26.6. The molecule has 2 aromatic carbocycles. The maximum Gasteiger partial charge on any atom is 0.324 e. The normalized spacial score (nSPS) is 11.4. The van der Waals surface area contributed by atoms with Crippen LogP contribution in [0.4, 0.5) is 19.9 Å². The number of nitrogens with zero attached hydrogens (tertiary/aromatic N) is 1. The molecule has 0 saturated heterocycles. The maximum absolute atomic E-state index is 13.9. The second-order valence-electron chi connectivity index (χ2n) is 8.63. The van der Waals surface area contributed by atoms with Crippen LogP contribution in [0.15, 0.2) is 54.7 Å². The van der Waals surface area contributed by atoms with Crippen molar-refractivity contribution >= 4 is 44.9 Å². The van der Waals surface area contributed by atoms with E-state index in [0.29, 0.717) is 21.8 Å². The smallest absolute Gasteiger partial charge is 0.324 e. The van der Waals surface area contributed by atoms with Gasteiger partial charge in [0.2, 0.25) is 0 Å². The molecule has 0 spiro atoms. The summed E-state index contributed by atoms with van der Waals surface area (Å²) < 4.78 is 13.9. The Balaban J connectivity index is 1.52. The van der Waals surface area contributed by atoms with E-state index in [0.717, 1.165) is 15.8 Å². The van der Waals surface area contributed by atoms with Crippen molar-refractivity contribution in [2.24, 2.45) is 0 Å². The SMILES string of the molecule is CC(C)(C)c1cc(C(=O)NCc2ccccc2F)c(NC(=O)Nc2ccc3[nH]ncc3c2)s1. The molecular weight excluding hydrogens is 441 g/mol. The number of benzene rings is 2. The van der Waals surface area contributed by atoms with Crippen molar-refractivity contribution in [3.8, 4) is 0 Å². The highest BCUT2D eigenvalue weighted by Gasteiger charge is 2.24. The zero-order valence-electron chi connectivity index (χ0n) is 18.5. The van der Waals surface area contributed by atoms with Gasteiger partial charge in [-0.3, -0.25) is 15.2 Å². The van der Waals surface area contributed by atoms with E-state index >= 15 is 0 Å². The second kappa shape index (κ2) is 9.03. The molecule has 9 heteroatoms. The molecule has 0 aliphatic carbocycles. The number of hydrogen-bond acceptors (Lipinski definition) is 4. The van der Waals surface area contributed by atoms with Crippen molar-refractivity contribution in [1.29, 1.82) is 0 Å². The quantitative estimate of drug-likeness (QED) is 0.307. The largest absolute Gasteiger partial charge is 0.348 e. The van der Waals surface area contributed by atoms with E-state index in [2.05, 4.69) is 26.1 Å². The molecule has 4 N–H and O–H groups in total. The third kappa shape index (κ3) is 5.20. The molecule has 0 saturated carbocycles. The van der Waals surface area contributed by atoms with Crippen LogP contribution < -0.4 is 16.0 Å². The van der Waals surface area contributed by atoms with Gasteiger partial charge < -0.3 is 10.6 Å². The van der Waals surface area contributed by atoms with Gasteiger partial charge in [0.25, 0.3) is 5.91 Å². The first-order valence-corrected chi connectivity index (χ1v) is 11.2. The van der Waals surface area contributed by atoms with E-state index in [9.17, 15) is 14.0 Å². The maximum atomic E-state index is 13.9. The van der Waals surface area contributed by atoms with Gasteiger partial charge in [-0.1, -0.05) is 39.0 Å². The Morgan fingerprint density at radius 2 is 1.88 bits per heavy atom. The molecule has 0 aliphatic rings. The molecule has 7 nitrogen and oxygen atoms in total. The zero-order valence-corrected chi connectivity index (χ0v) is 19.3. The van der Waals surface area contributed by atoms with E-state index < -0.39 is 6.03 Å². The molecule has 0 unspecified atom stereocenters. The Hall–Kier alpha value is -3.72. The number of anilines is 2. The minimum Gasteiger partial charge on any atom is -0.348 e. The van der Waals surface area contributed by atoms with Crippen LogP contribution in [0.3, 0.4) is 0 Å². The van der Waals surface area contributed by atoms with Crippen molar-refractivity contribution < 1.29 is 14.0 Å². The highest BCUT2D eigenvalue weighted by atomic mass is 32.1. The van der Waals surface area contributed by atoms with Crippen LogP contribution >= 0.6 is 11.3 Å². The van der Waals surface area contributed by atoms with E-state index in [1.54, 1.807) is 42.6 Å². The van der Waals surface area contributed by atoms with Crippen LogP contribution in [0.5, 0.6) is 0 Å². The van der Waals surface area contributed by atoms with Gasteiger partial charge >= 0.3 is 6.03 Å². The van der Waals surface area contributed by atoms with Crippen molar-refractivity contribution in [3.63, 3.8) is 0 Å². The highest BCUT2D eigenvalue weighted by Crippen LogP contribution is 2.36. The Morgan fingerprint density at radius 3 is 2.64 bits per heavy atom. The summed E-state index contributed by atoms with van der Waals surface area (Å²) in [5.41, 5.74) is 1.97. The van der Waals surface area contributed by atoms with Gasteiger partial charge in [-0.25, -0.2) is 9.18 Å². The molecule has 4 rings (SSSR count). The molecule has 170 valence electrons. The summed E-state index contributed by atoms with van der Waals surface area (Å²) in [5.74, 6) is -0.772. The second-order valence-corrected chi connectivity index (χ2v) is 9.68. The number of nitrogens with one attached hydrogen (secondary N) is 4. The van der Waals surface area contributed by atoms with E-state index in [1.807, 2.05) is 26.8 Å². The number of carbonyl (C=O) groups excluding carboxylic acids is 2. The minimum atomic E-state index is -0.469. The van der Waals surface area contributed by atoms with Gasteiger partial charge in [-0.2, -0.15) is 5.10 Å². The number of urea groups is 1. The number of hydrogen-bond donors (Lipinski definition) is 4. The molecule has 2 heterocycles. The average molecular weight is 466 g/mol. The van der Waals surface area contributed by atoms with E-state index in [-0.39, 0.29) is 23.7 Å². The zero-order chi connectivity index (χ0) is 23.6. The van der Waals surface area contributed by atoms with Gasteiger partial charge in [0, 0.05) is 28.1 Å². The standard InChI is InChI=1S/C24H24FN5O2S/c1-24(2,3)20-11-17(21(31)26-12-14-6-4-5-7-18(14)25)22(33-20)29-23(32)28-16-8-9-19-15(10-16)13-27-30-19/h4-11,13H,12H2,1-3H3,(H,26,31)(H,27,30)(H2,28,29,32). The number of amides is 3. The number of rotatable bonds is 5. The van der Waals surface area contributed by atoms with Crippen molar-refractivity contribution in [1.82, 2.24) is 15.5 Å². The summed E-state index contributed by atoms with van der Waals surface area (Å²) in [6, 6.07) is 13.0. The average Bonchev–Trinajstić information content (AvgIpc) is 3.39. The van der Waals surface area contributed by atoms with Crippen LogP contribution in [0.2, 0.25) is 0 Å². The minimum absolute atomic E-state index is 0.0442. The Bertz CT molecular complexity index is 1320. The lowest BCUT2D eigenvalue weighted by Crippen LogP contribution is -2.25. The Kier molecular flexibility index (Phi) is 6.15. The van der Waals surface area contributed by atoms with E-state index in [4.69, 9.17) is 0 Å². The lowest BCUT2D eigenvalue weighted by molar-refractivity contribution is 0.0952. The summed E-state index contributed by atoms with van der Waals surface area (Å²) in [5, 5.41) is 16.4. The molecule has 4 aromatic rings. The number of halogens is 1. The van der Waals surface area contributed by atoms with Gasteiger partial charge in [-0.05, 0) is 35.7 Å². The van der Waals surface area contributed by atoms with Gasteiger partial charge in [0.05, 0.1) is 17.3 Å². The number of H-pyrrole nitrogens is 1. The number of aromatic amines is 1. The third-order valence-corrected chi connectivity index (χ3v) is 6.51. The van der Waals surface area contributed by atoms with Crippen LogP contribution in [-0.4, -0.2) is 22.1 Å². The summed E-state index contributed by atoms with van der Waals surface area (Å²) >= 11 is 1.34. The van der Waals surface area contributed by atoms with Crippen molar-refractivity contribution in [3.05, 3.63) is 76.5 Å². The van der Waals surface area contributed by atoms with Gasteiger partial charge in [-0.15, -0.1) is 11.3 Å². The fourth-order valence-electron chi connectivity index (χ4n) is 3.22. The molecule has 0 radical (unpaired) electrons. The van der Waals surface area contributed by atoms with Crippen LogP contribution in [-0.2, 0) is 12.0 Å². The molecule has 0 fully saturated rings. The number of fused-ring (bicyclic) bond motifs is 1. The Labute approximate surface area is 194 Å². The fraction of sp³-hybridized carbons (Fsp3) is 0.208. The monoisotopic (exact) mass is 465 g/mol. The molecule has 0 atom stereocenters. The first-order chi connectivity index (χ1) is 15.7. The molecule has 3 amide bonds. The molecule has 0 aliphatic heterocycles. The van der Waals surface area contributed by atoms with Crippen LogP contribution in [0, 0.1) is 5.82 Å². The number of thiophene rings is 1. The molecule has 2 aromatic heterocycles. The fourth-order valence-corrected chi connectivity index (χ4v) is 4.33. The summed E-state index contributed by atoms with van der Waals surface area (Å²) in [6.07, 6.45) is 1.67. The number of carbonyl (C=O) groups is 2. The van der Waals surface area contributed by atoms with Crippen molar-refractivity contribution in [2.75, 3.05) is 10.6 Å². The lowest BCUT2D eigenvalue weighted by atomic mass is 9.94. The van der Waals surface area contributed by atoms with Crippen LogP contribution in [0.25, 0.3) is 10.9 Å². The predicted octanol–water partition coefficient (Wildman–Crippen LogP) is 5.64. The first kappa shape index (κ1) is 22.5. The lowest BCUT2D eigenvalue weighted by Gasteiger charge is -2.15. The first-order valence-electron chi connectivity index (χ1n) is 10.4. The number of aromatic nitrogens is 2. The van der Waals surface area contributed by atoms with Gasteiger partial charge in [0.15, 0.2) is 0 Å². The predicted molar refractivity (Wildman–Crippen MR) is 129 cm³/mol. The van der Waals surface area contributed by atoms with Crippen molar-refractivity contribution in [2.45, 2.75) is 32.7 Å². The van der Waals surface area contributed by atoms with Gasteiger partial charge in [0.1, 0.15) is 10.8 Å². The highest BCUT2D eigenvalue weighted by molar-refractivity contribution is 7.16. The summed E-state index contributed by atoms with van der Waals surface area (Å²) in [6.45, 7) is 6.14. The van der Waals surface area contributed by atoms with E-state index in [1.165, 1.54) is 17.4 Å². The van der Waals surface area contributed by atoms with Crippen LogP contribution in [0.1, 0.15) is 41.6 Å². The Morgan fingerprint density at radius 1 is 1.09 bits per heavy atom. The topological polar surface area (TPSA) is 98.9 Å². The third-order valence-electron chi connectivity index (χ3n) is 5.04. The molecular formula is C24H24FN5O2S. The molecule has 33 heavy (non-hydrogen) atoms. The molecule has 0 bridgehead atoms.